The highest BCUT2D eigenvalue weighted by atomic mass is 16.5. The molecule has 30 heavy (non-hydrogen) atoms. The molecule has 8 nitrogen and oxygen atoms in total. The van der Waals surface area contributed by atoms with Crippen LogP contribution in [0, 0.1) is 0 Å². The summed E-state index contributed by atoms with van der Waals surface area (Å²) >= 11 is 0. The van der Waals surface area contributed by atoms with Crippen LogP contribution in [0.4, 0.5) is 0 Å². The molecule has 4 rings (SSSR count). The number of piperazine rings is 1. The standard InChI is InChI=1S/C22H31N3O5/c1-22(2)14-17-4-3-5-18(21(17)30-22)29-16-20(27)25-8-6-24(7-9-25)19(26)15-23-10-12-28-13-11-23/h3-5H,6-16H2,1-2H3. The molecule has 3 heterocycles. The SMILES string of the molecule is CC1(C)Cc2cccc(OCC(=O)N3CCN(C(=O)CN4CCOCC4)CC3)c2O1. The normalized spacial score (nSPS) is 21.1. The smallest absolute Gasteiger partial charge is 0.260 e. The van der Waals surface area contributed by atoms with Crippen LogP contribution in [0.15, 0.2) is 18.2 Å². The lowest BCUT2D eigenvalue weighted by atomic mass is 10.0. The molecular weight excluding hydrogens is 386 g/mol. The number of fused-ring (bicyclic) bond motifs is 1. The van der Waals surface area contributed by atoms with Crippen molar-refractivity contribution >= 4 is 11.8 Å². The molecule has 3 aliphatic heterocycles. The number of ether oxygens (including phenoxy) is 3. The Hall–Kier alpha value is -2.32. The number of amides is 2. The van der Waals surface area contributed by atoms with Crippen molar-refractivity contribution < 1.29 is 23.8 Å². The van der Waals surface area contributed by atoms with Gasteiger partial charge >= 0.3 is 0 Å². The highest BCUT2D eigenvalue weighted by Gasteiger charge is 2.32. The van der Waals surface area contributed by atoms with Gasteiger partial charge in [-0.15, -0.1) is 0 Å². The molecule has 0 saturated carbocycles. The maximum absolute atomic E-state index is 12.6. The second-order valence-corrected chi connectivity index (χ2v) is 8.72. The summed E-state index contributed by atoms with van der Waals surface area (Å²) in [5.41, 5.74) is 0.855. The number of rotatable bonds is 5. The first kappa shape index (κ1) is 20.9. The fraction of sp³-hybridized carbons (Fsp3) is 0.636. The Labute approximate surface area is 177 Å². The number of morpholine rings is 1. The van der Waals surface area contributed by atoms with Crippen molar-refractivity contribution in [3.05, 3.63) is 23.8 Å². The van der Waals surface area contributed by atoms with E-state index in [1.807, 2.05) is 36.9 Å². The molecule has 0 N–H and O–H groups in total. The number of nitrogens with zero attached hydrogens (tertiary/aromatic N) is 3. The van der Waals surface area contributed by atoms with Crippen molar-refractivity contribution in [1.29, 1.82) is 0 Å². The second kappa shape index (κ2) is 8.81. The zero-order valence-corrected chi connectivity index (χ0v) is 17.9. The quantitative estimate of drug-likeness (QED) is 0.705. The van der Waals surface area contributed by atoms with E-state index in [4.69, 9.17) is 14.2 Å². The molecule has 164 valence electrons. The molecule has 0 aliphatic carbocycles. The van der Waals surface area contributed by atoms with Gasteiger partial charge in [-0.2, -0.15) is 0 Å². The number of hydrogen-bond donors (Lipinski definition) is 0. The molecule has 0 unspecified atom stereocenters. The van der Waals surface area contributed by atoms with E-state index >= 15 is 0 Å². The molecule has 2 saturated heterocycles. The minimum absolute atomic E-state index is 0.0258. The van der Waals surface area contributed by atoms with Gasteiger partial charge in [-0.3, -0.25) is 14.5 Å². The maximum atomic E-state index is 12.6. The summed E-state index contributed by atoms with van der Waals surface area (Å²) in [6.45, 7) is 9.64. The first-order valence-electron chi connectivity index (χ1n) is 10.7. The molecule has 0 spiro atoms. The van der Waals surface area contributed by atoms with Gasteiger partial charge in [-0.25, -0.2) is 0 Å². The predicted octanol–water partition coefficient (Wildman–Crippen LogP) is 0.782. The van der Waals surface area contributed by atoms with Crippen LogP contribution >= 0.6 is 0 Å². The number of hydrogen-bond acceptors (Lipinski definition) is 6. The van der Waals surface area contributed by atoms with Gasteiger partial charge in [-0.05, 0) is 19.9 Å². The minimum Gasteiger partial charge on any atom is -0.483 e. The largest absolute Gasteiger partial charge is 0.483 e. The first-order valence-corrected chi connectivity index (χ1v) is 10.7. The summed E-state index contributed by atoms with van der Waals surface area (Å²) in [7, 11) is 0. The van der Waals surface area contributed by atoms with Crippen molar-refractivity contribution in [2.24, 2.45) is 0 Å². The van der Waals surface area contributed by atoms with Gasteiger partial charge in [-0.1, -0.05) is 12.1 Å². The van der Waals surface area contributed by atoms with E-state index in [1.54, 1.807) is 4.90 Å². The molecule has 0 aromatic heterocycles. The average molecular weight is 418 g/mol. The van der Waals surface area contributed by atoms with Gasteiger partial charge in [0, 0.05) is 51.3 Å². The van der Waals surface area contributed by atoms with Gasteiger partial charge in [0.1, 0.15) is 5.60 Å². The minimum atomic E-state index is -0.254. The third kappa shape index (κ3) is 4.87. The molecule has 1 aromatic carbocycles. The molecule has 8 heteroatoms. The Balaban J connectivity index is 1.24. The zero-order chi connectivity index (χ0) is 21.1. The van der Waals surface area contributed by atoms with E-state index < -0.39 is 0 Å². The van der Waals surface area contributed by atoms with E-state index in [-0.39, 0.29) is 24.0 Å². The van der Waals surface area contributed by atoms with Crippen LogP contribution in [0.25, 0.3) is 0 Å². The topological polar surface area (TPSA) is 71.6 Å². The maximum Gasteiger partial charge on any atom is 0.260 e. The van der Waals surface area contributed by atoms with Gasteiger partial charge in [0.15, 0.2) is 18.1 Å². The van der Waals surface area contributed by atoms with Crippen LogP contribution in [-0.4, -0.2) is 97.7 Å². The molecule has 1 aromatic rings. The van der Waals surface area contributed by atoms with Crippen LogP contribution in [0.3, 0.4) is 0 Å². The summed E-state index contributed by atoms with van der Waals surface area (Å²) in [5.74, 6) is 1.42. The number of benzene rings is 1. The van der Waals surface area contributed by atoms with Crippen LogP contribution in [0.2, 0.25) is 0 Å². The Morgan fingerprint density at radius 1 is 1.00 bits per heavy atom. The van der Waals surface area contributed by atoms with Crippen LogP contribution in [-0.2, 0) is 20.7 Å². The van der Waals surface area contributed by atoms with Crippen molar-refractivity contribution in [3.8, 4) is 11.5 Å². The van der Waals surface area contributed by atoms with Crippen molar-refractivity contribution in [1.82, 2.24) is 14.7 Å². The van der Waals surface area contributed by atoms with E-state index in [9.17, 15) is 9.59 Å². The van der Waals surface area contributed by atoms with Crippen molar-refractivity contribution in [3.63, 3.8) is 0 Å². The molecule has 2 amide bonds. The third-order valence-corrected chi connectivity index (χ3v) is 5.85. The number of carbonyl (C=O) groups is 2. The third-order valence-electron chi connectivity index (χ3n) is 5.85. The molecule has 0 bridgehead atoms. The lowest BCUT2D eigenvalue weighted by molar-refractivity contribution is -0.141. The zero-order valence-electron chi connectivity index (χ0n) is 17.9. The lowest BCUT2D eigenvalue weighted by Gasteiger charge is -2.36. The van der Waals surface area contributed by atoms with E-state index in [0.717, 1.165) is 30.8 Å². The second-order valence-electron chi connectivity index (χ2n) is 8.72. The fourth-order valence-electron chi connectivity index (χ4n) is 4.19. The molecule has 2 fully saturated rings. The molecule has 0 atom stereocenters. The van der Waals surface area contributed by atoms with Crippen molar-refractivity contribution in [2.45, 2.75) is 25.9 Å². The summed E-state index contributed by atoms with van der Waals surface area (Å²) in [5, 5.41) is 0. The monoisotopic (exact) mass is 417 g/mol. The molecule has 3 aliphatic rings. The fourth-order valence-corrected chi connectivity index (χ4v) is 4.19. The summed E-state index contributed by atoms with van der Waals surface area (Å²) in [6, 6.07) is 5.81. The summed E-state index contributed by atoms with van der Waals surface area (Å²) in [6.07, 6.45) is 0.827. The van der Waals surface area contributed by atoms with Gasteiger partial charge in [0.05, 0.1) is 19.8 Å². The molecular formula is C22H31N3O5. The van der Waals surface area contributed by atoms with Gasteiger partial charge < -0.3 is 24.0 Å². The highest BCUT2D eigenvalue weighted by molar-refractivity contribution is 5.80. The Morgan fingerprint density at radius 3 is 2.37 bits per heavy atom. The number of para-hydroxylation sites is 1. The predicted molar refractivity (Wildman–Crippen MR) is 111 cm³/mol. The Kier molecular flexibility index (Phi) is 6.15. The van der Waals surface area contributed by atoms with Crippen LogP contribution in [0.1, 0.15) is 19.4 Å². The summed E-state index contributed by atoms with van der Waals surface area (Å²) < 4.78 is 17.1. The Morgan fingerprint density at radius 2 is 1.67 bits per heavy atom. The van der Waals surface area contributed by atoms with Crippen molar-refractivity contribution in [2.75, 3.05) is 65.6 Å². The van der Waals surface area contributed by atoms with Crippen LogP contribution in [0.5, 0.6) is 11.5 Å². The first-order chi connectivity index (χ1) is 14.4. The van der Waals surface area contributed by atoms with Gasteiger partial charge in [0.2, 0.25) is 5.91 Å². The van der Waals surface area contributed by atoms with E-state index in [2.05, 4.69) is 4.90 Å². The highest BCUT2D eigenvalue weighted by Crippen LogP contribution is 2.41. The van der Waals surface area contributed by atoms with E-state index in [0.29, 0.717) is 51.7 Å². The Bertz CT molecular complexity index is 783. The van der Waals surface area contributed by atoms with Crippen LogP contribution < -0.4 is 9.47 Å². The molecule has 0 radical (unpaired) electrons. The average Bonchev–Trinajstić information content (AvgIpc) is 3.07. The van der Waals surface area contributed by atoms with E-state index in [1.165, 1.54) is 0 Å². The summed E-state index contributed by atoms with van der Waals surface area (Å²) in [4.78, 5) is 30.9. The number of carbonyl (C=O) groups excluding carboxylic acids is 2. The van der Waals surface area contributed by atoms with Gasteiger partial charge in [0.25, 0.3) is 5.91 Å². The lowest BCUT2D eigenvalue weighted by Crippen LogP contribution is -2.54.